The molecule has 0 fully saturated rings. The van der Waals surface area contributed by atoms with E-state index in [4.69, 9.17) is 34.8 Å². The van der Waals surface area contributed by atoms with E-state index in [1.54, 1.807) is 12.1 Å². The summed E-state index contributed by atoms with van der Waals surface area (Å²) in [5, 5.41) is 0. The smallest absolute Gasteiger partial charge is 0.253 e. The number of carbonyl (C=O) groups excluding carboxylic acids is 1. The minimum absolute atomic E-state index is 0.220. The average molecular weight is 266 g/mol. The molecule has 0 saturated heterocycles. The number of halogens is 3. The van der Waals surface area contributed by atoms with Crippen LogP contribution in [-0.2, 0) is 0 Å². The Morgan fingerprint density at radius 2 is 1.73 bits per heavy atom. The lowest BCUT2D eigenvalue weighted by atomic mass is 9.95. The first kappa shape index (κ1) is 12.8. The van der Waals surface area contributed by atoms with Gasteiger partial charge >= 0.3 is 0 Å². The fourth-order valence-corrected chi connectivity index (χ4v) is 1.67. The van der Waals surface area contributed by atoms with Crippen LogP contribution >= 0.6 is 34.8 Å². The van der Waals surface area contributed by atoms with Gasteiger partial charge in [-0.3, -0.25) is 4.79 Å². The van der Waals surface area contributed by atoms with Crippen LogP contribution in [0.25, 0.3) is 0 Å². The average Bonchev–Trinajstić information content (AvgIpc) is 2.15. The molecule has 0 bridgehead atoms. The van der Waals surface area contributed by atoms with Crippen molar-refractivity contribution >= 4 is 40.6 Å². The van der Waals surface area contributed by atoms with Crippen molar-refractivity contribution in [2.45, 2.75) is 23.6 Å². The molecule has 1 aromatic carbocycles. The quantitative estimate of drug-likeness (QED) is 0.573. The summed E-state index contributed by atoms with van der Waals surface area (Å²) in [4.78, 5) is 11.8. The van der Waals surface area contributed by atoms with Crippen molar-refractivity contribution in [2.24, 2.45) is 0 Å². The Bertz CT molecular complexity index is 366. The van der Waals surface area contributed by atoms with Crippen molar-refractivity contribution in [3.63, 3.8) is 0 Å². The molecule has 0 atom stereocenters. The lowest BCUT2D eigenvalue weighted by molar-refractivity contribution is 0.0995. The number of alkyl halides is 3. The van der Waals surface area contributed by atoms with E-state index in [0.29, 0.717) is 5.56 Å². The van der Waals surface area contributed by atoms with Crippen molar-refractivity contribution in [3.8, 4) is 0 Å². The lowest BCUT2D eigenvalue weighted by Crippen LogP contribution is -2.20. The fourth-order valence-electron chi connectivity index (χ4n) is 1.36. The number of carbonyl (C=O) groups is 1. The summed E-state index contributed by atoms with van der Waals surface area (Å²) in [7, 11) is 0. The highest BCUT2D eigenvalue weighted by molar-refractivity contribution is 6.77. The van der Waals surface area contributed by atoms with E-state index in [0.717, 1.165) is 5.56 Å². The van der Waals surface area contributed by atoms with Gasteiger partial charge in [0.1, 0.15) is 0 Å². The van der Waals surface area contributed by atoms with E-state index < -0.39 is 9.58 Å². The van der Waals surface area contributed by atoms with Crippen molar-refractivity contribution in [1.82, 2.24) is 0 Å². The number of benzene rings is 1. The normalized spacial score (nSPS) is 11.9. The molecule has 1 aromatic rings. The van der Waals surface area contributed by atoms with Gasteiger partial charge in [0.15, 0.2) is 0 Å². The summed E-state index contributed by atoms with van der Waals surface area (Å²) in [6, 6.07) is 7.17. The molecule has 0 unspecified atom stereocenters. The Labute approximate surface area is 104 Å². The number of rotatable bonds is 2. The molecule has 0 aliphatic rings. The fraction of sp³-hybridized carbons (Fsp3) is 0.364. The molecule has 15 heavy (non-hydrogen) atoms. The molecule has 1 rings (SSSR count). The molecule has 1 nitrogen and oxygen atoms in total. The van der Waals surface area contributed by atoms with Gasteiger partial charge in [-0.05, 0) is 11.5 Å². The highest BCUT2D eigenvalue weighted by atomic mass is 35.6. The summed E-state index contributed by atoms with van der Waals surface area (Å²) in [6.45, 7) is 3.98. The third-order valence-corrected chi connectivity index (χ3v) is 2.60. The monoisotopic (exact) mass is 264 g/mol. The Morgan fingerprint density at radius 3 is 2.20 bits per heavy atom. The van der Waals surface area contributed by atoms with Crippen LogP contribution in [0.2, 0.25) is 0 Å². The van der Waals surface area contributed by atoms with Crippen molar-refractivity contribution in [2.75, 3.05) is 0 Å². The van der Waals surface area contributed by atoms with Gasteiger partial charge in [0.05, 0.1) is 0 Å². The standard InChI is InChI=1S/C11H11Cl3O/c1-7(2)8-5-3-4-6-9(8)10(15)11(12,13)14/h3-7H,1-2H3. The molecule has 4 heteroatoms. The summed E-state index contributed by atoms with van der Waals surface area (Å²) < 4.78 is -1.88. The van der Waals surface area contributed by atoms with Crippen LogP contribution in [0, 0.1) is 0 Å². The van der Waals surface area contributed by atoms with Gasteiger partial charge in [-0.25, -0.2) is 0 Å². The minimum Gasteiger partial charge on any atom is -0.289 e. The molecule has 0 saturated carbocycles. The van der Waals surface area contributed by atoms with Crippen LogP contribution in [0.3, 0.4) is 0 Å². The third kappa shape index (κ3) is 3.10. The Morgan fingerprint density at radius 1 is 1.20 bits per heavy atom. The zero-order valence-electron chi connectivity index (χ0n) is 8.43. The van der Waals surface area contributed by atoms with Crippen molar-refractivity contribution in [3.05, 3.63) is 35.4 Å². The molecule has 0 N–H and O–H groups in total. The van der Waals surface area contributed by atoms with Crippen molar-refractivity contribution < 1.29 is 4.79 Å². The molecule has 0 amide bonds. The SMILES string of the molecule is CC(C)c1ccccc1C(=O)C(Cl)(Cl)Cl. The second-order valence-corrected chi connectivity index (χ2v) is 5.85. The van der Waals surface area contributed by atoms with E-state index in [1.807, 2.05) is 26.0 Å². The number of hydrogen-bond acceptors (Lipinski definition) is 1. The summed E-state index contributed by atoms with van der Waals surface area (Å²) in [5.41, 5.74) is 1.38. The van der Waals surface area contributed by atoms with Crippen LogP contribution in [0.4, 0.5) is 0 Å². The van der Waals surface area contributed by atoms with E-state index >= 15 is 0 Å². The van der Waals surface area contributed by atoms with Crippen LogP contribution in [0.5, 0.6) is 0 Å². The molecule has 0 spiro atoms. The lowest BCUT2D eigenvalue weighted by Gasteiger charge is -2.15. The second-order valence-electron chi connectivity index (χ2n) is 3.57. The maximum absolute atomic E-state index is 11.8. The van der Waals surface area contributed by atoms with E-state index in [-0.39, 0.29) is 5.92 Å². The Kier molecular flexibility index (Phi) is 4.05. The molecule has 0 heterocycles. The van der Waals surface area contributed by atoms with E-state index in [2.05, 4.69) is 0 Å². The molecular formula is C11H11Cl3O. The summed E-state index contributed by atoms with van der Waals surface area (Å²) in [6.07, 6.45) is 0. The molecule has 82 valence electrons. The zero-order valence-corrected chi connectivity index (χ0v) is 10.7. The topological polar surface area (TPSA) is 17.1 Å². The Balaban J connectivity index is 3.20. The maximum atomic E-state index is 11.8. The predicted octanol–water partition coefficient (Wildman–Crippen LogP) is 4.36. The second kappa shape index (κ2) is 4.73. The number of ketones is 1. The zero-order chi connectivity index (χ0) is 11.6. The van der Waals surface area contributed by atoms with Crippen LogP contribution in [0.15, 0.2) is 24.3 Å². The van der Waals surface area contributed by atoms with Gasteiger partial charge in [-0.1, -0.05) is 72.9 Å². The predicted molar refractivity (Wildman–Crippen MR) is 65.2 cm³/mol. The highest BCUT2D eigenvalue weighted by Gasteiger charge is 2.33. The van der Waals surface area contributed by atoms with E-state index in [9.17, 15) is 4.79 Å². The van der Waals surface area contributed by atoms with Crippen LogP contribution in [-0.4, -0.2) is 9.58 Å². The van der Waals surface area contributed by atoms with Crippen molar-refractivity contribution in [1.29, 1.82) is 0 Å². The molecule has 0 aliphatic carbocycles. The molecular weight excluding hydrogens is 254 g/mol. The van der Waals surface area contributed by atoms with Crippen LogP contribution in [0.1, 0.15) is 35.7 Å². The first-order valence-electron chi connectivity index (χ1n) is 4.54. The Hall–Kier alpha value is -0.240. The number of Topliss-reactive ketones (excluding diaryl/α,β-unsaturated/α-hetero) is 1. The van der Waals surface area contributed by atoms with Gasteiger partial charge < -0.3 is 0 Å². The largest absolute Gasteiger partial charge is 0.289 e. The van der Waals surface area contributed by atoms with Gasteiger partial charge in [0.2, 0.25) is 5.78 Å². The summed E-state index contributed by atoms with van der Waals surface area (Å²) >= 11 is 16.7. The minimum atomic E-state index is -1.88. The first-order chi connectivity index (χ1) is 6.84. The van der Waals surface area contributed by atoms with E-state index in [1.165, 1.54) is 0 Å². The van der Waals surface area contributed by atoms with Gasteiger partial charge in [0, 0.05) is 5.56 Å². The molecule has 0 aliphatic heterocycles. The number of hydrogen-bond donors (Lipinski definition) is 0. The molecule has 0 aromatic heterocycles. The van der Waals surface area contributed by atoms with Crippen LogP contribution < -0.4 is 0 Å². The summed E-state index contributed by atoms with van der Waals surface area (Å²) in [5.74, 6) is -0.255. The van der Waals surface area contributed by atoms with Gasteiger partial charge in [0.25, 0.3) is 3.79 Å². The first-order valence-corrected chi connectivity index (χ1v) is 5.68. The maximum Gasteiger partial charge on any atom is 0.253 e. The third-order valence-electron chi connectivity index (χ3n) is 2.08. The molecule has 0 radical (unpaired) electrons. The highest BCUT2D eigenvalue weighted by Crippen LogP contribution is 2.33. The van der Waals surface area contributed by atoms with Gasteiger partial charge in [-0.15, -0.1) is 0 Å². The van der Waals surface area contributed by atoms with Gasteiger partial charge in [-0.2, -0.15) is 0 Å².